The van der Waals surface area contributed by atoms with Crippen molar-refractivity contribution in [1.29, 1.82) is 0 Å². The van der Waals surface area contributed by atoms with Gasteiger partial charge in [-0.1, -0.05) is 61.4 Å². The van der Waals surface area contributed by atoms with Crippen LogP contribution < -0.4 is 0 Å². The van der Waals surface area contributed by atoms with Crippen molar-refractivity contribution >= 4 is 15.9 Å². The van der Waals surface area contributed by atoms with E-state index < -0.39 is 0 Å². The quantitative estimate of drug-likeness (QED) is 0.362. The fraction of sp³-hybridized carbons (Fsp3) is 1.00. The lowest BCUT2D eigenvalue weighted by molar-refractivity contribution is 0.166. The number of methoxy groups -OCH3 is 1. The lowest BCUT2D eigenvalue weighted by atomic mass is 10.1. The van der Waals surface area contributed by atoms with E-state index >= 15 is 0 Å². The Hall–Kier alpha value is 0.320. The number of ether oxygens (including phenoxy) is 1. The Morgan fingerprint density at radius 1 is 0.714 bits per heavy atom. The van der Waals surface area contributed by atoms with Gasteiger partial charge in [0.1, 0.15) is 0 Å². The summed E-state index contributed by atoms with van der Waals surface area (Å²) in [5, 5.41) is 25.1. The molecule has 0 rings (SSSR count). The Kier molecular flexibility index (Phi) is 40.4. The van der Waals surface area contributed by atoms with Crippen molar-refractivity contribution in [3.8, 4) is 0 Å². The summed E-state index contributed by atoms with van der Waals surface area (Å²) in [5.74, 6) is 0. The molecule has 0 saturated heterocycles. The van der Waals surface area contributed by atoms with Gasteiger partial charge in [0, 0.05) is 38.9 Å². The highest BCUT2D eigenvalue weighted by atomic mass is 79.9. The smallest absolute Gasteiger partial charge is 0.0484 e. The second kappa shape index (κ2) is 32.3. The molecule has 0 amide bonds. The first-order valence-electron chi connectivity index (χ1n) is 8.12. The zero-order chi connectivity index (χ0) is 16.6. The maximum atomic E-state index is 8.12. The highest BCUT2D eigenvalue weighted by Crippen LogP contribution is 2.07. The van der Waals surface area contributed by atoms with E-state index in [1.807, 2.05) is 0 Å². The van der Waals surface area contributed by atoms with Gasteiger partial charge in [-0.25, -0.2) is 0 Å². The van der Waals surface area contributed by atoms with Gasteiger partial charge >= 0.3 is 0 Å². The monoisotopic (exact) mass is 372 g/mol. The van der Waals surface area contributed by atoms with E-state index in [0.29, 0.717) is 13.0 Å². The molecule has 0 fully saturated rings. The minimum Gasteiger partial charge on any atom is -0.396 e. The highest BCUT2D eigenvalue weighted by Gasteiger charge is 1.88. The van der Waals surface area contributed by atoms with Crippen molar-refractivity contribution in [1.82, 2.24) is 0 Å². The van der Waals surface area contributed by atoms with E-state index in [0.717, 1.165) is 6.42 Å². The highest BCUT2D eigenvalue weighted by molar-refractivity contribution is 9.09. The van der Waals surface area contributed by atoms with Crippen LogP contribution in [0.4, 0.5) is 0 Å². The molecule has 0 aromatic heterocycles. The van der Waals surface area contributed by atoms with E-state index in [-0.39, 0.29) is 19.8 Å². The molecule has 0 bridgehead atoms. The van der Waals surface area contributed by atoms with Crippen LogP contribution in [0.25, 0.3) is 0 Å². The third-order valence-corrected chi connectivity index (χ3v) is 3.12. The van der Waals surface area contributed by atoms with E-state index in [2.05, 4.69) is 27.6 Å². The minimum atomic E-state index is 0.0938. The first-order valence-corrected chi connectivity index (χ1v) is 9.24. The van der Waals surface area contributed by atoms with Gasteiger partial charge in [-0.15, -0.1) is 0 Å². The number of aliphatic hydroxyl groups is 3. The second-order valence-corrected chi connectivity index (χ2v) is 5.47. The normalized spacial score (nSPS) is 9.43. The number of alkyl halides is 1. The number of unbranched alkanes of at least 4 members (excludes halogenated alkanes) is 6. The maximum Gasteiger partial charge on any atom is 0.0484 e. The standard InChI is InChI=1S/C9H19Br.C4H10O2.C3H8O2/c1-2-3-4-5-6-7-8-9-10;1-6-4-2-3-5;4-2-1-3-5/h2-9H2,1H3;5H,2-4H2,1H3;4-5H,1-3H2. The SMILES string of the molecule is CCCCCCCCCBr.COCCCO.OCCCO. The number of rotatable bonds is 12. The molecule has 0 aliphatic carbocycles. The van der Waals surface area contributed by atoms with Crippen LogP contribution in [-0.2, 0) is 4.74 Å². The number of hydrogen-bond donors (Lipinski definition) is 3. The molecule has 0 aliphatic rings. The molecule has 0 aliphatic heterocycles. The molecule has 132 valence electrons. The van der Waals surface area contributed by atoms with Crippen molar-refractivity contribution in [2.75, 3.05) is 38.9 Å². The molecule has 3 N–H and O–H groups in total. The van der Waals surface area contributed by atoms with Crippen LogP contribution in [0.15, 0.2) is 0 Å². The van der Waals surface area contributed by atoms with Crippen LogP contribution in [0.3, 0.4) is 0 Å². The van der Waals surface area contributed by atoms with Crippen molar-refractivity contribution in [2.45, 2.75) is 64.7 Å². The third-order valence-electron chi connectivity index (χ3n) is 2.56. The Labute approximate surface area is 140 Å². The number of halogens is 1. The van der Waals surface area contributed by atoms with E-state index in [9.17, 15) is 0 Å². The summed E-state index contributed by atoms with van der Waals surface area (Å²) in [6, 6.07) is 0. The molecule has 0 aromatic rings. The lowest BCUT2D eigenvalue weighted by Crippen LogP contribution is -1.90. The number of aliphatic hydroxyl groups excluding tert-OH is 3. The summed E-state index contributed by atoms with van der Waals surface area (Å²) < 4.78 is 4.62. The van der Waals surface area contributed by atoms with Gasteiger partial charge in [0.15, 0.2) is 0 Å². The molecule has 0 radical (unpaired) electrons. The summed E-state index contributed by atoms with van der Waals surface area (Å²) in [4.78, 5) is 0. The van der Waals surface area contributed by atoms with Crippen molar-refractivity contribution in [2.24, 2.45) is 0 Å². The van der Waals surface area contributed by atoms with E-state index in [1.54, 1.807) is 7.11 Å². The van der Waals surface area contributed by atoms with Crippen LogP contribution in [0.2, 0.25) is 0 Å². The molecule has 0 aromatic carbocycles. The molecule has 0 heterocycles. The third kappa shape index (κ3) is 44.9. The summed E-state index contributed by atoms with van der Waals surface area (Å²) >= 11 is 3.43. The van der Waals surface area contributed by atoms with Crippen LogP contribution in [0.1, 0.15) is 64.7 Å². The average molecular weight is 373 g/mol. The summed E-state index contributed by atoms with van der Waals surface area (Å²) in [6.45, 7) is 3.34. The van der Waals surface area contributed by atoms with Gasteiger partial charge in [0.2, 0.25) is 0 Å². The zero-order valence-electron chi connectivity index (χ0n) is 14.0. The summed E-state index contributed by atoms with van der Waals surface area (Å²) in [6.07, 6.45) is 11.1. The first kappa shape index (κ1) is 26.2. The fourth-order valence-electron chi connectivity index (χ4n) is 1.33. The predicted octanol–water partition coefficient (Wildman–Crippen LogP) is 3.51. The van der Waals surface area contributed by atoms with Gasteiger partial charge in [-0.2, -0.15) is 0 Å². The Morgan fingerprint density at radius 2 is 1.19 bits per heavy atom. The molecule has 4 nitrogen and oxygen atoms in total. The Morgan fingerprint density at radius 3 is 1.48 bits per heavy atom. The van der Waals surface area contributed by atoms with E-state index in [1.165, 1.54) is 50.3 Å². The molecule has 5 heteroatoms. The Bertz CT molecular complexity index is 123. The maximum absolute atomic E-state index is 8.12. The minimum absolute atomic E-state index is 0.0938. The van der Waals surface area contributed by atoms with Crippen LogP contribution in [-0.4, -0.2) is 54.2 Å². The van der Waals surface area contributed by atoms with Crippen molar-refractivity contribution in [3.63, 3.8) is 0 Å². The molecular formula is C16H37BrO4. The van der Waals surface area contributed by atoms with Crippen molar-refractivity contribution < 1.29 is 20.1 Å². The van der Waals surface area contributed by atoms with Crippen LogP contribution in [0, 0.1) is 0 Å². The summed E-state index contributed by atoms with van der Waals surface area (Å²) in [5.41, 5.74) is 0. The van der Waals surface area contributed by atoms with Gasteiger partial charge < -0.3 is 20.1 Å². The summed E-state index contributed by atoms with van der Waals surface area (Å²) in [7, 11) is 1.62. The van der Waals surface area contributed by atoms with Gasteiger partial charge in [-0.3, -0.25) is 0 Å². The van der Waals surface area contributed by atoms with Crippen molar-refractivity contribution in [3.05, 3.63) is 0 Å². The van der Waals surface area contributed by atoms with Gasteiger partial charge in [0.05, 0.1) is 0 Å². The average Bonchev–Trinajstić information content (AvgIpc) is 2.51. The molecule has 0 atom stereocenters. The topological polar surface area (TPSA) is 69.9 Å². The molecule has 21 heavy (non-hydrogen) atoms. The molecule has 0 saturated carbocycles. The molecule has 0 spiro atoms. The predicted molar refractivity (Wildman–Crippen MR) is 94.2 cm³/mol. The Balaban J connectivity index is -0.000000252. The van der Waals surface area contributed by atoms with Gasteiger partial charge in [0.25, 0.3) is 0 Å². The molecular weight excluding hydrogens is 336 g/mol. The second-order valence-electron chi connectivity index (χ2n) is 4.68. The largest absolute Gasteiger partial charge is 0.396 e. The molecule has 0 unspecified atom stereocenters. The van der Waals surface area contributed by atoms with Crippen LogP contribution in [0.5, 0.6) is 0 Å². The first-order chi connectivity index (χ1) is 10.2. The number of hydrogen-bond acceptors (Lipinski definition) is 4. The van der Waals surface area contributed by atoms with Gasteiger partial charge in [-0.05, 0) is 19.3 Å². The fourth-order valence-corrected chi connectivity index (χ4v) is 1.73. The van der Waals surface area contributed by atoms with E-state index in [4.69, 9.17) is 15.3 Å². The zero-order valence-corrected chi connectivity index (χ0v) is 15.6. The van der Waals surface area contributed by atoms with Crippen LogP contribution >= 0.6 is 15.9 Å². The lowest BCUT2D eigenvalue weighted by Gasteiger charge is -1.97.